The normalized spacial score (nSPS) is 24.1. The molecule has 0 saturated carbocycles. The Labute approximate surface area is 197 Å². The first-order valence-corrected chi connectivity index (χ1v) is 11.5. The zero-order valence-electron chi connectivity index (χ0n) is 19.3. The van der Waals surface area contributed by atoms with Crippen molar-refractivity contribution in [2.75, 3.05) is 20.3 Å². The Morgan fingerprint density at radius 3 is 2.82 bits per heavy atom. The number of pyridine rings is 1. The third kappa shape index (κ3) is 5.00. The third-order valence-electron chi connectivity index (χ3n) is 6.24. The van der Waals surface area contributed by atoms with Crippen LogP contribution in [0.5, 0.6) is 11.6 Å². The monoisotopic (exact) mass is 471 g/mol. The standard InChI is InChI=1S/C24H29N3O7/c1-14-22(28)27-13-16(12-19(27)23(29)30)34-21-18-10-15(6-4-3-5-9-33-24(31)26-14)11-20(32-2)17(18)7-8-25-21/h7-8,10-11,14,16,19H,3-6,9,12-13H2,1-2H3,(H,26,31)(H,29,30)/t14-,16+,19-/m0/s1. The van der Waals surface area contributed by atoms with E-state index in [2.05, 4.69) is 10.3 Å². The van der Waals surface area contributed by atoms with E-state index in [0.29, 0.717) is 18.1 Å². The van der Waals surface area contributed by atoms with Gasteiger partial charge >= 0.3 is 12.1 Å². The summed E-state index contributed by atoms with van der Waals surface area (Å²) in [6.07, 6.45) is 3.69. The summed E-state index contributed by atoms with van der Waals surface area (Å²) < 4.78 is 17.0. The molecule has 0 spiro atoms. The Kier molecular flexibility index (Phi) is 7.04. The van der Waals surface area contributed by atoms with Gasteiger partial charge in [-0.3, -0.25) is 4.79 Å². The smallest absolute Gasteiger partial charge is 0.407 e. The van der Waals surface area contributed by atoms with E-state index in [9.17, 15) is 19.5 Å². The fraction of sp³-hybridized carbons (Fsp3) is 0.500. The van der Waals surface area contributed by atoms with Crippen molar-refractivity contribution >= 4 is 28.7 Å². The highest BCUT2D eigenvalue weighted by Crippen LogP contribution is 2.34. The molecule has 4 rings (SSSR count). The first-order chi connectivity index (χ1) is 16.4. The summed E-state index contributed by atoms with van der Waals surface area (Å²) in [6, 6.07) is 3.85. The Morgan fingerprint density at radius 2 is 2.06 bits per heavy atom. The predicted molar refractivity (Wildman–Crippen MR) is 122 cm³/mol. The van der Waals surface area contributed by atoms with E-state index in [1.54, 1.807) is 13.3 Å². The largest absolute Gasteiger partial charge is 0.496 e. The van der Waals surface area contributed by atoms with E-state index in [1.807, 2.05) is 18.2 Å². The number of carbonyl (C=O) groups is 3. The van der Waals surface area contributed by atoms with Crippen LogP contribution < -0.4 is 14.8 Å². The molecule has 182 valence electrons. The van der Waals surface area contributed by atoms with Crippen molar-refractivity contribution < 1.29 is 33.7 Å². The predicted octanol–water partition coefficient (Wildman–Crippen LogP) is 2.52. The number of aliphatic carboxylic acids is 1. The van der Waals surface area contributed by atoms with Gasteiger partial charge in [0.15, 0.2) is 0 Å². The minimum absolute atomic E-state index is 0.0613. The molecule has 1 aromatic carbocycles. The number of carboxylic acid groups (broad SMARTS) is 1. The van der Waals surface area contributed by atoms with Crippen LogP contribution in [0.15, 0.2) is 24.4 Å². The molecule has 3 atom stereocenters. The Hall–Kier alpha value is -3.56. The van der Waals surface area contributed by atoms with Crippen LogP contribution in [0.1, 0.15) is 38.2 Å². The minimum Gasteiger partial charge on any atom is -0.496 e. The molecule has 1 fully saturated rings. The maximum Gasteiger partial charge on any atom is 0.407 e. The number of alkyl carbamates (subject to hydrolysis) is 1. The van der Waals surface area contributed by atoms with E-state index >= 15 is 0 Å². The van der Waals surface area contributed by atoms with Gasteiger partial charge in [-0.25, -0.2) is 14.6 Å². The molecule has 2 amide bonds. The number of benzene rings is 1. The summed E-state index contributed by atoms with van der Waals surface area (Å²) in [7, 11) is 1.61. The lowest BCUT2D eigenvalue weighted by Crippen LogP contribution is -2.50. The van der Waals surface area contributed by atoms with Crippen LogP contribution in [-0.4, -0.2) is 71.4 Å². The van der Waals surface area contributed by atoms with Crippen LogP contribution in [0.4, 0.5) is 4.79 Å². The van der Waals surface area contributed by atoms with E-state index < -0.39 is 36.2 Å². The summed E-state index contributed by atoms with van der Waals surface area (Å²) in [4.78, 5) is 42.6. The van der Waals surface area contributed by atoms with Gasteiger partial charge in [-0.15, -0.1) is 0 Å². The van der Waals surface area contributed by atoms with Gasteiger partial charge in [0.25, 0.3) is 0 Å². The lowest BCUT2D eigenvalue weighted by atomic mass is 10.0. The van der Waals surface area contributed by atoms with Crippen molar-refractivity contribution in [2.45, 2.75) is 57.2 Å². The van der Waals surface area contributed by atoms with Gasteiger partial charge < -0.3 is 29.5 Å². The van der Waals surface area contributed by atoms with Crippen molar-refractivity contribution in [2.24, 2.45) is 0 Å². The summed E-state index contributed by atoms with van der Waals surface area (Å²) in [5, 5.41) is 13.8. The van der Waals surface area contributed by atoms with E-state index in [-0.39, 0.29) is 19.6 Å². The number of fused-ring (bicyclic) bond motifs is 3. The highest BCUT2D eigenvalue weighted by molar-refractivity contribution is 5.93. The molecule has 1 saturated heterocycles. The number of methoxy groups -OCH3 is 1. The van der Waals surface area contributed by atoms with Crippen molar-refractivity contribution in [3.05, 3.63) is 30.0 Å². The summed E-state index contributed by atoms with van der Waals surface area (Å²) >= 11 is 0. The van der Waals surface area contributed by atoms with Crippen molar-refractivity contribution in [1.29, 1.82) is 0 Å². The van der Waals surface area contributed by atoms with Gasteiger partial charge in [0.05, 0.1) is 20.3 Å². The Morgan fingerprint density at radius 1 is 1.24 bits per heavy atom. The van der Waals surface area contributed by atoms with Crippen molar-refractivity contribution in [1.82, 2.24) is 15.2 Å². The second kappa shape index (κ2) is 10.1. The maximum atomic E-state index is 13.0. The topological polar surface area (TPSA) is 127 Å². The molecule has 34 heavy (non-hydrogen) atoms. The number of nitrogens with zero attached hydrogens (tertiary/aromatic N) is 2. The lowest BCUT2D eigenvalue weighted by molar-refractivity contribution is -0.148. The van der Waals surface area contributed by atoms with Gasteiger partial charge in [0.1, 0.15) is 23.9 Å². The molecule has 3 heterocycles. The van der Waals surface area contributed by atoms with Crippen LogP contribution in [0.3, 0.4) is 0 Å². The van der Waals surface area contributed by atoms with Crippen LogP contribution in [0, 0.1) is 0 Å². The van der Waals surface area contributed by atoms with Gasteiger partial charge in [0, 0.05) is 23.4 Å². The number of rotatable bonds is 2. The highest BCUT2D eigenvalue weighted by Gasteiger charge is 2.42. The number of carbonyl (C=O) groups excluding carboxylic acids is 2. The van der Waals surface area contributed by atoms with Crippen molar-refractivity contribution in [3.8, 4) is 11.6 Å². The van der Waals surface area contributed by atoms with E-state index in [4.69, 9.17) is 14.2 Å². The molecule has 0 radical (unpaired) electrons. The summed E-state index contributed by atoms with van der Waals surface area (Å²) in [6.45, 7) is 1.81. The molecule has 2 aliphatic rings. The fourth-order valence-corrected chi connectivity index (χ4v) is 4.51. The van der Waals surface area contributed by atoms with Gasteiger partial charge in [0.2, 0.25) is 11.8 Å². The Bertz CT molecular complexity index is 1090. The number of ether oxygens (including phenoxy) is 3. The number of cyclic esters (lactones) is 1. The summed E-state index contributed by atoms with van der Waals surface area (Å²) in [5.41, 5.74) is 1.06. The second-order valence-corrected chi connectivity index (χ2v) is 8.64. The molecule has 0 unspecified atom stereocenters. The molecule has 10 heteroatoms. The third-order valence-corrected chi connectivity index (χ3v) is 6.24. The molecular formula is C24H29N3O7. The van der Waals surface area contributed by atoms with Gasteiger partial charge in [-0.1, -0.05) is 0 Å². The maximum absolute atomic E-state index is 13.0. The number of nitrogens with one attached hydrogen (secondary N) is 1. The highest BCUT2D eigenvalue weighted by atomic mass is 16.5. The summed E-state index contributed by atoms with van der Waals surface area (Å²) in [5.74, 6) is -0.562. The fourth-order valence-electron chi connectivity index (χ4n) is 4.51. The second-order valence-electron chi connectivity index (χ2n) is 8.64. The molecule has 2 aliphatic heterocycles. The van der Waals surface area contributed by atoms with Crippen LogP contribution in [0.2, 0.25) is 0 Å². The number of aromatic nitrogens is 1. The minimum atomic E-state index is -1.13. The van der Waals surface area contributed by atoms with Gasteiger partial charge in [-0.2, -0.15) is 0 Å². The number of carboxylic acids is 1. The molecular weight excluding hydrogens is 442 g/mol. The van der Waals surface area contributed by atoms with E-state index in [0.717, 1.165) is 35.6 Å². The SMILES string of the molecule is COc1cc2cc3c(nccc13)O[C@@H]1C[C@@H](C(=O)O)N(C1)C(=O)[C@H](C)NC(=O)OCCCCC2. The number of amides is 2. The quantitative estimate of drug-likeness (QED) is 0.684. The Balaban J connectivity index is 1.69. The zero-order valence-corrected chi connectivity index (χ0v) is 19.3. The van der Waals surface area contributed by atoms with Crippen LogP contribution in [0.25, 0.3) is 10.8 Å². The molecule has 2 N–H and O–H groups in total. The molecule has 4 bridgehead atoms. The van der Waals surface area contributed by atoms with Crippen molar-refractivity contribution in [3.63, 3.8) is 0 Å². The first kappa shape index (κ1) is 23.6. The molecule has 10 nitrogen and oxygen atoms in total. The van der Waals surface area contributed by atoms with Crippen LogP contribution in [-0.2, 0) is 20.7 Å². The lowest BCUT2D eigenvalue weighted by Gasteiger charge is -2.25. The molecule has 0 aliphatic carbocycles. The average molecular weight is 472 g/mol. The van der Waals surface area contributed by atoms with Gasteiger partial charge in [-0.05, 0) is 56.4 Å². The molecule has 1 aromatic heterocycles. The van der Waals surface area contributed by atoms with Crippen LogP contribution >= 0.6 is 0 Å². The number of hydrogen-bond donors (Lipinski definition) is 2. The number of hydrogen-bond acceptors (Lipinski definition) is 7. The first-order valence-electron chi connectivity index (χ1n) is 11.5. The van der Waals surface area contributed by atoms with E-state index in [1.165, 1.54) is 11.8 Å². The average Bonchev–Trinajstić information content (AvgIpc) is 3.24. The number of aryl methyl sites for hydroxylation is 1. The zero-order chi connectivity index (χ0) is 24.2. The molecule has 2 aromatic rings.